The first-order chi connectivity index (χ1) is 11.1. The molecule has 2 rings (SSSR count). The summed E-state index contributed by atoms with van der Waals surface area (Å²) in [5.74, 6) is 1.14. The molecule has 1 amide bonds. The highest BCUT2D eigenvalue weighted by molar-refractivity contribution is 7.99. The van der Waals surface area contributed by atoms with Crippen molar-refractivity contribution in [1.29, 1.82) is 0 Å². The summed E-state index contributed by atoms with van der Waals surface area (Å²) in [6.45, 7) is 4.35. The van der Waals surface area contributed by atoms with Crippen LogP contribution >= 0.6 is 11.8 Å². The normalized spacial score (nSPS) is 10.4. The molecule has 0 spiro atoms. The first-order valence-corrected chi connectivity index (χ1v) is 8.60. The van der Waals surface area contributed by atoms with Crippen LogP contribution in [0.2, 0.25) is 0 Å². The number of nitrogens with one attached hydrogen (secondary N) is 1. The van der Waals surface area contributed by atoms with Crippen LogP contribution in [0.1, 0.15) is 18.1 Å². The number of hydrogen-bond acceptors (Lipinski definition) is 3. The minimum Gasteiger partial charge on any atom is -0.494 e. The highest BCUT2D eigenvalue weighted by Crippen LogP contribution is 2.23. The second-order valence-corrected chi connectivity index (χ2v) is 6.05. The third-order valence-corrected chi connectivity index (χ3v) is 4.14. The van der Waals surface area contributed by atoms with Crippen molar-refractivity contribution in [3.05, 3.63) is 59.4 Å². The fraction of sp³-hybridized carbons (Fsp3) is 0.278. The van der Waals surface area contributed by atoms with Gasteiger partial charge in [-0.3, -0.25) is 4.79 Å². The number of halogens is 1. The molecule has 0 aliphatic carbocycles. The number of amides is 1. The monoisotopic (exact) mass is 333 g/mol. The lowest BCUT2D eigenvalue weighted by atomic mass is 10.2. The maximum Gasteiger partial charge on any atom is 0.234 e. The van der Waals surface area contributed by atoms with Crippen molar-refractivity contribution in [2.24, 2.45) is 0 Å². The van der Waals surface area contributed by atoms with Crippen LogP contribution in [0.4, 0.5) is 10.1 Å². The molecular formula is C18H20FNO2S. The quantitative estimate of drug-likeness (QED) is 0.816. The van der Waals surface area contributed by atoms with Gasteiger partial charge in [0.05, 0.1) is 18.0 Å². The zero-order valence-electron chi connectivity index (χ0n) is 13.3. The lowest BCUT2D eigenvalue weighted by Crippen LogP contribution is -2.15. The molecule has 0 saturated carbocycles. The Morgan fingerprint density at radius 3 is 2.78 bits per heavy atom. The fourth-order valence-electron chi connectivity index (χ4n) is 2.08. The molecular weight excluding hydrogens is 313 g/mol. The zero-order chi connectivity index (χ0) is 16.7. The number of anilines is 1. The van der Waals surface area contributed by atoms with Gasteiger partial charge in [0.2, 0.25) is 5.91 Å². The Morgan fingerprint density at radius 1 is 1.26 bits per heavy atom. The van der Waals surface area contributed by atoms with E-state index in [1.165, 1.54) is 17.8 Å². The predicted molar refractivity (Wildman–Crippen MR) is 93.5 cm³/mol. The smallest absolute Gasteiger partial charge is 0.234 e. The number of aryl methyl sites for hydroxylation is 1. The Hall–Kier alpha value is -2.01. The summed E-state index contributed by atoms with van der Waals surface area (Å²) in [6.07, 6.45) is 0. The van der Waals surface area contributed by atoms with Crippen molar-refractivity contribution in [3.8, 4) is 5.75 Å². The molecule has 0 aliphatic rings. The van der Waals surface area contributed by atoms with Crippen molar-refractivity contribution in [2.75, 3.05) is 17.7 Å². The molecule has 2 aromatic carbocycles. The molecule has 0 radical (unpaired) electrons. The van der Waals surface area contributed by atoms with Crippen molar-refractivity contribution in [2.45, 2.75) is 19.6 Å². The SMILES string of the molecule is CCOc1ccccc1CSCC(=O)Nc1ccc(C)cc1F. The Bertz CT molecular complexity index is 676. The summed E-state index contributed by atoms with van der Waals surface area (Å²) in [5, 5.41) is 2.60. The van der Waals surface area contributed by atoms with Crippen LogP contribution in [-0.2, 0) is 10.5 Å². The molecule has 0 aliphatic heterocycles. The Balaban J connectivity index is 1.85. The van der Waals surface area contributed by atoms with E-state index in [9.17, 15) is 9.18 Å². The van der Waals surface area contributed by atoms with Crippen LogP contribution in [0.5, 0.6) is 5.75 Å². The lowest BCUT2D eigenvalue weighted by Gasteiger charge is -2.10. The second-order valence-electron chi connectivity index (χ2n) is 5.07. The Morgan fingerprint density at radius 2 is 2.04 bits per heavy atom. The van der Waals surface area contributed by atoms with Gasteiger partial charge < -0.3 is 10.1 Å². The Kier molecular flexibility index (Phi) is 6.47. The zero-order valence-corrected chi connectivity index (χ0v) is 14.1. The third kappa shape index (κ3) is 5.28. The lowest BCUT2D eigenvalue weighted by molar-refractivity contribution is -0.113. The van der Waals surface area contributed by atoms with Crippen LogP contribution in [0.25, 0.3) is 0 Å². The Labute approximate surface area is 140 Å². The minimum absolute atomic E-state index is 0.216. The molecule has 0 aromatic heterocycles. The second kappa shape index (κ2) is 8.58. The van der Waals surface area contributed by atoms with Crippen LogP contribution in [0, 0.1) is 12.7 Å². The maximum absolute atomic E-state index is 13.7. The van der Waals surface area contributed by atoms with Gasteiger partial charge in [-0.1, -0.05) is 24.3 Å². The molecule has 3 nitrogen and oxygen atoms in total. The number of carbonyl (C=O) groups is 1. The molecule has 23 heavy (non-hydrogen) atoms. The topological polar surface area (TPSA) is 38.3 Å². The van der Waals surface area contributed by atoms with E-state index in [2.05, 4.69) is 5.32 Å². The van der Waals surface area contributed by atoms with Crippen LogP contribution in [-0.4, -0.2) is 18.3 Å². The number of thioether (sulfide) groups is 1. The van der Waals surface area contributed by atoms with Gasteiger partial charge in [0.1, 0.15) is 11.6 Å². The largest absolute Gasteiger partial charge is 0.494 e. The average molecular weight is 333 g/mol. The van der Waals surface area contributed by atoms with E-state index < -0.39 is 5.82 Å². The van der Waals surface area contributed by atoms with Gasteiger partial charge in [-0.05, 0) is 37.6 Å². The van der Waals surface area contributed by atoms with E-state index in [-0.39, 0.29) is 17.3 Å². The van der Waals surface area contributed by atoms with Gasteiger partial charge in [0.25, 0.3) is 0 Å². The number of para-hydroxylation sites is 1. The van der Waals surface area contributed by atoms with E-state index in [0.717, 1.165) is 16.9 Å². The van der Waals surface area contributed by atoms with Crippen molar-refractivity contribution < 1.29 is 13.9 Å². The first kappa shape index (κ1) is 17.3. The van der Waals surface area contributed by atoms with Crippen LogP contribution < -0.4 is 10.1 Å². The van der Waals surface area contributed by atoms with Gasteiger partial charge in [-0.2, -0.15) is 0 Å². The molecule has 122 valence electrons. The van der Waals surface area contributed by atoms with Crippen molar-refractivity contribution in [1.82, 2.24) is 0 Å². The van der Waals surface area contributed by atoms with E-state index >= 15 is 0 Å². The number of ether oxygens (including phenoxy) is 1. The maximum atomic E-state index is 13.7. The molecule has 0 heterocycles. The minimum atomic E-state index is -0.412. The molecule has 0 bridgehead atoms. The van der Waals surface area contributed by atoms with E-state index in [1.54, 1.807) is 19.1 Å². The van der Waals surface area contributed by atoms with Gasteiger partial charge in [-0.15, -0.1) is 11.8 Å². The molecule has 1 N–H and O–H groups in total. The summed E-state index contributed by atoms with van der Waals surface area (Å²) >= 11 is 1.47. The fourth-order valence-corrected chi connectivity index (χ4v) is 2.90. The van der Waals surface area contributed by atoms with Crippen LogP contribution in [0.3, 0.4) is 0 Å². The molecule has 0 unspecified atom stereocenters. The van der Waals surface area contributed by atoms with Gasteiger partial charge in [0, 0.05) is 11.3 Å². The molecule has 0 saturated heterocycles. The summed E-state index contributed by atoms with van der Waals surface area (Å²) < 4.78 is 19.3. The summed E-state index contributed by atoms with van der Waals surface area (Å²) in [5.41, 5.74) is 2.09. The number of rotatable bonds is 7. The molecule has 0 fully saturated rings. The third-order valence-electron chi connectivity index (χ3n) is 3.16. The summed E-state index contributed by atoms with van der Waals surface area (Å²) in [4.78, 5) is 11.9. The van der Waals surface area contributed by atoms with Crippen LogP contribution in [0.15, 0.2) is 42.5 Å². The molecule has 5 heteroatoms. The van der Waals surface area contributed by atoms with Gasteiger partial charge in [0.15, 0.2) is 0 Å². The summed E-state index contributed by atoms with van der Waals surface area (Å²) in [7, 11) is 0. The number of carbonyl (C=O) groups excluding carboxylic acids is 1. The van der Waals surface area contributed by atoms with E-state index in [0.29, 0.717) is 12.4 Å². The highest BCUT2D eigenvalue weighted by Gasteiger charge is 2.08. The first-order valence-electron chi connectivity index (χ1n) is 7.44. The molecule has 0 atom stereocenters. The summed E-state index contributed by atoms with van der Waals surface area (Å²) in [6, 6.07) is 12.5. The number of hydrogen-bond donors (Lipinski definition) is 1. The molecule has 2 aromatic rings. The van der Waals surface area contributed by atoms with E-state index in [1.807, 2.05) is 31.2 Å². The van der Waals surface area contributed by atoms with Gasteiger partial charge >= 0.3 is 0 Å². The average Bonchev–Trinajstić information content (AvgIpc) is 2.52. The standard InChI is InChI=1S/C18H20FNO2S/c1-3-22-17-7-5-4-6-14(17)11-23-12-18(21)20-16-9-8-13(2)10-15(16)19/h4-10H,3,11-12H2,1-2H3,(H,20,21). The van der Waals surface area contributed by atoms with Gasteiger partial charge in [-0.25, -0.2) is 4.39 Å². The van der Waals surface area contributed by atoms with Crippen molar-refractivity contribution >= 4 is 23.4 Å². The van der Waals surface area contributed by atoms with E-state index in [4.69, 9.17) is 4.74 Å². The predicted octanol–water partition coefficient (Wildman–Crippen LogP) is 4.40. The van der Waals surface area contributed by atoms with Crippen molar-refractivity contribution in [3.63, 3.8) is 0 Å². The highest BCUT2D eigenvalue weighted by atomic mass is 32.2. The number of benzene rings is 2.